The highest BCUT2D eigenvalue weighted by molar-refractivity contribution is 8.01. The van der Waals surface area contributed by atoms with Crippen LogP contribution in [0.5, 0.6) is 0 Å². The van der Waals surface area contributed by atoms with Gasteiger partial charge < -0.3 is 25.4 Å². The first-order valence-corrected chi connectivity index (χ1v) is 16.5. The summed E-state index contributed by atoms with van der Waals surface area (Å²) >= 11 is 2.57. The summed E-state index contributed by atoms with van der Waals surface area (Å²) in [5, 5.41) is 10.4. The van der Waals surface area contributed by atoms with Crippen molar-refractivity contribution in [3.8, 4) is 0 Å². The Morgan fingerprint density at radius 3 is 2.80 bits per heavy atom. The lowest BCUT2D eigenvalue weighted by molar-refractivity contribution is -0.141. The monoisotopic (exact) mass is 649 g/mol. The van der Waals surface area contributed by atoms with Gasteiger partial charge in [0.15, 0.2) is 22.4 Å². The minimum absolute atomic E-state index is 0.0768. The fourth-order valence-corrected chi connectivity index (χ4v) is 7.85. The number of rotatable bonds is 10. The lowest BCUT2D eigenvalue weighted by atomic mass is 9.66. The van der Waals surface area contributed by atoms with Gasteiger partial charge >= 0.3 is 0 Å². The first kappa shape index (κ1) is 31.5. The van der Waals surface area contributed by atoms with Gasteiger partial charge in [0.05, 0.1) is 28.0 Å². The predicted octanol–water partition coefficient (Wildman–Crippen LogP) is 5.49. The van der Waals surface area contributed by atoms with Crippen LogP contribution in [0, 0.1) is 18.7 Å². The van der Waals surface area contributed by atoms with Crippen molar-refractivity contribution in [1.29, 1.82) is 0 Å². The van der Waals surface area contributed by atoms with Crippen LogP contribution < -0.4 is 16.0 Å². The number of aromatic nitrogens is 4. The van der Waals surface area contributed by atoms with Gasteiger partial charge in [0, 0.05) is 36.2 Å². The van der Waals surface area contributed by atoms with E-state index in [9.17, 15) is 4.79 Å². The zero-order valence-corrected chi connectivity index (χ0v) is 27.0. The second kappa shape index (κ2) is 13.5. The summed E-state index contributed by atoms with van der Waals surface area (Å²) in [4.78, 5) is 31.4. The van der Waals surface area contributed by atoms with E-state index in [2.05, 4.69) is 30.9 Å². The predicted molar refractivity (Wildman–Crippen MR) is 171 cm³/mol. The molecule has 2 aliphatic heterocycles. The van der Waals surface area contributed by atoms with E-state index in [1.165, 1.54) is 29.3 Å². The van der Waals surface area contributed by atoms with E-state index in [1.54, 1.807) is 24.7 Å². The van der Waals surface area contributed by atoms with Gasteiger partial charge in [-0.1, -0.05) is 29.2 Å². The number of hydrogen-bond donors (Lipinski definition) is 3. The fraction of sp³-hybridized carbons (Fsp3) is 0.406. The lowest BCUT2D eigenvalue weighted by Gasteiger charge is -2.45. The molecule has 2 fully saturated rings. The molecule has 10 nitrogen and oxygen atoms in total. The molecule has 2 saturated heterocycles. The number of nitrogens with zero attached hydrogens (tertiary/aromatic N) is 4. The number of carbonyl (C=O) groups is 1. The number of ether oxygens (including phenoxy) is 2. The van der Waals surface area contributed by atoms with Crippen LogP contribution in [-0.2, 0) is 14.9 Å². The molecule has 4 aromatic heterocycles. The molecule has 0 radical (unpaired) electrons. The van der Waals surface area contributed by atoms with E-state index in [4.69, 9.17) is 14.5 Å². The van der Waals surface area contributed by atoms with Gasteiger partial charge in [-0.25, -0.2) is 19.3 Å². The molecule has 0 bridgehead atoms. The maximum Gasteiger partial charge on any atom is 0.273 e. The van der Waals surface area contributed by atoms with E-state index in [-0.39, 0.29) is 24.3 Å². The van der Waals surface area contributed by atoms with Crippen molar-refractivity contribution in [2.75, 3.05) is 31.6 Å². The van der Waals surface area contributed by atoms with E-state index < -0.39 is 22.9 Å². The van der Waals surface area contributed by atoms with E-state index in [0.717, 1.165) is 41.4 Å². The van der Waals surface area contributed by atoms with Crippen molar-refractivity contribution >= 4 is 40.0 Å². The Labute approximate surface area is 270 Å². The standard InChI is InChI=1S/C32H36FN7O3S2/c1-20-7-11-36-25(14-20)40-30-38-17-26(45-30)44-23-8-12-37-28(27(23)33)29(41)39-19-32(24-6-4-5-10-35-24)9-13-34-16-21(32)15-22-18-42-31(2,3)43-22/h4-8,10-12,14,17,21-22,34H,9,13,15-16,18-19H2,1-3H3,(H,39,41)(H,36,38,40)/t21?,22-,32?/m0/s1. The van der Waals surface area contributed by atoms with Gasteiger partial charge in [-0.2, -0.15) is 0 Å². The molecule has 3 atom stereocenters. The van der Waals surface area contributed by atoms with Gasteiger partial charge in [0.25, 0.3) is 5.91 Å². The van der Waals surface area contributed by atoms with Gasteiger partial charge in [0.2, 0.25) is 0 Å². The van der Waals surface area contributed by atoms with E-state index in [1.807, 2.05) is 51.1 Å². The zero-order chi connectivity index (χ0) is 31.4. The fourth-order valence-electron chi connectivity index (χ4n) is 5.98. The summed E-state index contributed by atoms with van der Waals surface area (Å²) in [6.45, 7) is 8.11. The zero-order valence-electron chi connectivity index (χ0n) is 25.4. The summed E-state index contributed by atoms with van der Waals surface area (Å²) in [5.74, 6) is -1.09. The number of hydrogen-bond acceptors (Lipinski definition) is 11. The summed E-state index contributed by atoms with van der Waals surface area (Å²) < 4.78 is 28.5. The molecule has 0 spiro atoms. The molecular formula is C32H36FN7O3S2. The molecule has 0 aromatic carbocycles. The Morgan fingerprint density at radius 2 is 2.02 bits per heavy atom. The number of amides is 1. The third-order valence-corrected chi connectivity index (χ3v) is 10.2. The molecule has 6 rings (SSSR count). The molecule has 0 aliphatic carbocycles. The third-order valence-electron chi connectivity index (χ3n) is 8.19. The highest BCUT2D eigenvalue weighted by Crippen LogP contribution is 2.41. The number of anilines is 2. The Hall–Kier alpha value is -3.49. The first-order chi connectivity index (χ1) is 21.7. The van der Waals surface area contributed by atoms with Gasteiger partial charge in [-0.05, 0) is 88.5 Å². The molecule has 1 amide bonds. The molecule has 0 saturated carbocycles. The number of piperidine rings is 1. The van der Waals surface area contributed by atoms with Crippen LogP contribution in [-0.4, -0.2) is 64.0 Å². The minimum atomic E-state index is -0.671. The highest BCUT2D eigenvalue weighted by atomic mass is 32.2. The molecule has 45 heavy (non-hydrogen) atoms. The Morgan fingerprint density at radius 1 is 1.16 bits per heavy atom. The maximum atomic E-state index is 15.8. The van der Waals surface area contributed by atoms with E-state index in [0.29, 0.717) is 22.5 Å². The molecule has 236 valence electrons. The van der Waals surface area contributed by atoms with Gasteiger partial charge in [-0.3, -0.25) is 9.78 Å². The van der Waals surface area contributed by atoms with Gasteiger partial charge in [-0.15, -0.1) is 0 Å². The van der Waals surface area contributed by atoms with Crippen LogP contribution in [0.15, 0.2) is 70.3 Å². The number of halogens is 1. The quantitative estimate of drug-likeness (QED) is 0.203. The number of pyridine rings is 3. The molecule has 2 aliphatic rings. The normalized spacial score (nSPS) is 22.7. The molecule has 4 aromatic rings. The van der Waals surface area contributed by atoms with Crippen LogP contribution in [0.1, 0.15) is 48.4 Å². The summed E-state index contributed by atoms with van der Waals surface area (Å²) in [6.07, 6.45) is 8.02. The van der Waals surface area contributed by atoms with Crippen molar-refractivity contribution in [3.05, 3.63) is 84.0 Å². The molecule has 3 N–H and O–H groups in total. The average molecular weight is 650 g/mol. The Balaban J connectivity index is 1.17. The van der Waals surface area contributed by atoms with Crippen molar-refractivity contribution in [2.45, 2.75) is 60.0 Å². The van der Waals surface area contributed by atoms with Crippen LogP contribution in [0.2, 0.25) is 0 Å². The second-order valence-corrected chi connectivity index (χ2v) is 14.2. The van der Waals surface area contributed by atoms with Crippen molar-refractivity contribution in [3.63, 3.8) is 0 Å². The first-order valence-electron chi connectivity index (χ1n) is 14.9. The third kappa shape index (κ3) is 7.33. The SMILES string of the molecule is Cc1ccnc(Nc2ncc(Sc3ccnc(C(=O)NCC4(c5ccccn5)CCNCC4C[C@H]4COC(C)(C)O4)c3F)s2)c1. The topological polar surface area (TPSA) is 123 Å². The minimum Gasteiger partial charge on any atom is -0.350 e. The largest absolute Gasteiger partial charge is 0.350 e. The number of thiazole rings is 1. The second-order valence-electron chi connectivity index (χ2n) is 11.8. The van der Waals surface area contributed by atoms with Crippen molar-refractivity contribution < 1.29 is 18.7 Å². The van der Waals surface area contributed by atoms with Crippen molar-refractivity contribution in [1.82, 2.24) is 30.6 Å². The van der Waals surface area contributed by atoms with Crippen molar-refractivity contribution in [2.24, 2.45) is 5.92 Å². The molecular weight excluding hydrogens is 614 g/mol. The van der Waals surface area contributed by atoms with Crippen LogP contribution >= 0.6 is 23.1 Å². The van der Waals surface area contributed by atoms with Crippen LogP contribution in [0.3, 0.4) is 0 Å². The molecule has 2 unspecified atom stereocenters. The highest BCUT2D eigenvalue weighted by Gasteiger charge is 2.46. The Bertz CT molecular complexity index is 1640. The molecule has 6 heterocycles. The van der Waals surface area contributed by atoms with Crippen LogP contribution in [0.25, 0.3) is 0 Å². The smallest absolute Gasteiger partial charge is 0.273 e. The summed E-state index contributed by atoms with van der Waals surface area (Å²) in [6, 6.07) is 11.2. The summed E-state index contributed by atoms with van der Waals surface area (Å²) in [7, 11) is 0. The lowest BCUT2D eigenvalue weighted by Crippen LogP contribution is -2.55. The number of aryl methyl sites for hydroxylation is 1. The maximum absolute atomic E-state index is 15.8. The molecule has 13 heteroatoms. The van der Waals surface area contributed by atoms with Gasteiger partial charge in [0.1, 0.15) is 5.82 Å². The number of carbonyl (C=O) groups excluding carboxylic acids is 1. The Kier molecular flexibility index (Phi) is 9.43. The average Bonchev–Trinajstić information content (AvgIpc) is 3.62. The van der Waals surface area contributed by atoms with E-state index >= 15 is 4.39 Å². The van der Waals surface area contributed by atoms with Crippen LogP contribution in [0.4, 0.5) is 15.3 Å². The number of nitrogens with one attached hydrogen (secondary N) is 3. The summed E-state index contributed by atoms with van der Waals surface area (Å²) in [5.41, 5.74) is 1.23.